The Kier molecular flexibility index (Phi) is 3.09. The molecule has 0 aliphatic carbocycles. The summed E-state index contributed by atoms with van der Waals surface area (Å²) in [6, 6.07) is 9.71. The first-order valence-corrected chi connectivity index (χ1v) is 7.18. The first kappa shape index (κ1) is 14.1. The van der Waals surface area contributed by atoms with Crippen molar-refractivity contribution in [1.82, 2.24) is 18.9 Å². The van der Waals surface area contributed by atoms with Crippen molar-refractivity contribution in [2.24, 2.45) is 0 Å². The number of benzene rings is 1. The largest absolute Gasteiger partial charge is 0.307 e. The fraction of sp³-hybridized carbons (Fsp3) is 0.0625. The molecule has 0 amide bonds. The van der Waals surface area contributed by atoms with Gasteiger partial charge in [-0.25, -0.2) is 9.97 Å². The second-order valence-electron chi connectivity index (χ2n) is 5.33. The third-order valence-corrected chi connectivity index (χ3v) is 3.76. The van der Waals surface area contributed by atoms with Gasteiger partial charge in [-0.2, -0.15) is 0 Å². The molecule has 0 atom stereocenters. The smallest absolute Gasteiger partial charge is 0.270 e. The highest BCUT2D eigenvalue weighted by atomic mass is 16.6. The van der Waals surface area contributed by atoms with E-state index in [2.05, 4.69) is 9.97 Å². The minimum atomic E-state index is -0.529. The standard InChI is InChI=1S/C16H11N5O3/c22-16-13-7-12(21(23)24)4-5-14(13)17-10-20(16)9-11-8-19-6-2-1-3-15(19)18-11/h1-8,10H,9H2. The van der Waals surface area contributed by atoms with E-state index in [1.807, 2.05) is 35.0 Å². The van der Waals surface area contributed by atoms with Gasteiger partial charge in [-0.15, -0.1) is 0 Å². The van der Waals surface area contributed by atoms with Crippen molar-refractivity contribution in [3.8, 4) is 0 Å². The topological polar surface area (TPSA) is 95.3 Å². The second-order valence-corrected chi connectivity index (χ2v) is 5.33. The number of pyridine rings is 1. The van der Waals surface area contributed by atoms with E-state index in [0.29, 0.717) is 11.2 Å². The molecular formula is C16H11N5O3. The van der Waals surface area contributed by atoms with Gasteiger partial charge in [0.2, 0.25) is 0 Å². The molecule has 0 aliphatic heterocycles. The van der Waals surface area contributed by atoms with Crippen molar-refractivity contribution in [2.45, 2.75) is 6.54 Å². The summed E-state index contributed by atoms with van der Waals surface area (Å²) in [7, 11) is 0. The summed E-state index contributed by atoms with van der Waals surface area (Å²) in [5.74, 6) is 0. The molecule has 0 spiro atoms. The molecule has 118 valence electrons. The first-order chi connectivity index (χ1) is 11.6. The zero-order valence-corrected chi connectivity index (χ0v) is 12.4. The van der Waals surface area contributed by atoms with Gasteiger partial charge in [-0.05, 0) is 18.2 Å². The van der Waals surface area contributed by atoms with Crippen LogP contribution in [0, 0.1) is 10.1 Å². The highest BCUT2D eigenvalue weighted by Gasteiger charge is 2.11. The summed E-state index contributed by atoms with van der Waals surface area (Å²) >= 11 is 0. The maximum Gasteiger partial charge on any atom is 0.270 e. The van der Waals surface area contributed by atoms with Gasteiger partial charge in [-0.1, -0.05) is 6.07 Å². The summed E-state index contributed by atoms with van der Waals surface area (Å²) in [6.45, 7) is 0.242. The minimum Gasteiger partial charge on any atom is -0.307 e. The molecule has 3 aromatic heterocycles. The zero-order chi connectivity index (χ0) is 16.7. The van der Waals surface area contributed by atoms with Crippen molar-refractivity contribution < 1.29 is 4.92 Å². The predicted molar refractivity (Wildman–Crippen MR) is 87.0 cm³/mol. The lowest BCUT2D eigenvalue weighted by Crippen LogP contribution is -2.21. The number of hydrogen-bond donors (Lipinski definition) is 0. The molecule has 0 bridgehead atoms. The van der Waals surface area contributed by atoms with Crippen molar-refractivity contribution in [1.29, 1.82) is 0 Å². The molecular weight excluding hydrogens is 310 g/mol. The fourth-order valence-electron chi connectivity index (χ4n) is 2.61. The van der Waals surface area contributed by atoms with Crippen LogP contribution in [0.4, 0.5) is 5.69 Å². The number of hydrogen-bond acceptors (Lipinski definition) is 5. The van der Waals surface area contributed by atoms with Crippen molar-refractivity contribution in [3.63, 3.8) is 0 Å². The first-order valence-electron chi connectivity index (χ1n) is 7.18. The SMILES string of the molecule is O=c1c2cc([N+](=O)[O-])ccc2ncn1Cc1cn2ccccc2n1. The van der Waals surface area contributed by atoms with Crippen molar-refractivity contribution >= 4 is 22.2 Å². The molecule has 0 saturated heterocycles. The predicted octanol–water partition coefficient (Wildman–Crippen LogP) is 2.00. The van der Waals surface area contributed by atoms with Crippen LogP contribution in [-0.2, 0) is 6.54 Å². The Morgan fingerprint density at radius 2 is 2.08 bits per heavy atom. The fourth-order valence-corrected chi connectivity index (χ4v) is 2.61. The Hall–Kier alpha value is -3.55. The van der Waals surface area contributed by atoms with Crippen LogP contribution >= 0.6 is 0 Å². The van der Waals surface area contributed by atoms with Gasteiger partial charge < -0.3 is 4.40 Å². The number of nitrogens with zero attached hydrogens (tertiary/aromatic N) is 5. The third kappa shape index (κ3) is 2.30. The van der Waals surface area contributed by atoms with Gasteiger partial charge in [-0.3, -0.25) is 19.5 Å². The number of non-ortho nitro benzene ring substituents is 1. The average Bonchev–Trinajstić information content (AvgIpc) is 2.99. The van der Waals surface area contributed by atoms with Crippen molar-refractivity contribution in [2.75, 3.05) is 0 Å². The molecule has 8 nitrogen and oxygen atoms in total. The summed E-state index contributed by atoms with van der Waals surface area (Å²) < 4.78 is 3.26. The van der Waals surface area contributed by atoms with Gasteiger partial charge in [0, 0.05) is 24.5 Å². The summed E-state index contributed by atoms with van der Waals surface area (Å²) in [5, 5.41) is 11.1. The molecule has 8 heteroatoms. The van der Waals surface area contributed by atoms with Gasteiger partial charge in [0.1, 0.15) is 5.65 Å². The van der Waals surface area contributed by atoms with Crippen LogP contribution in [0.15, 0.2) is 59.9 Å². The quantitative estimate of drug-likeness (QED) is 0.425. The molecule has 0 unspecified atom stereocenters. The number of nitro groups is 1. The number of imidazole rings is 1. The van der Waals surface area contributed by atoms with Crippen LogP contribution in [0.2, 0.25) is 0 Å². The van der Waals surface area contributed by atoms with Crippen LogP contribution in [0.5, 0.6) is 0 Å². The van der Waals surface area contributed by atoms with Crippen molar-refractivity contribution in [3.05, 3.63) is 81.3 Å². The second kappa shape index (κ2) is 5.27. The highest BCUT2D eigenvalue weighted by Crippen LogP contribution is 2.16. The Morgan fingerprint density at radius 3 is 2.88 bits per heavy atom. The van der Waals surface area contributed by atoms with E-state index in [1.165, 1.54) is 29.1 Å². The van der Waals surface area contributed by atoms with Crippen LogP contribution < -0.4 is 5.56 Å². The van der Waals surface area contributed by atoms with Gasteiger partial charge in [0.25, 0.3) is 11.2 Å². The molecule has 0 fully saturated rings. The van der Waals surface area contributed by atoms with Gasteiger partial charge >= 0.3 is 0 Å². The highest BCUT2D eigenvalue weighted by molar-refractivity contribution is 5.79. The van der Waals surface area contributed by atoms with E-state index in [0.717, 1.165) is 5.65 Å². The van der Waals surface area contributed by atoms with Crippen LogP contribution in [0.1, 0.15) is 5.69 Å². The Labute approximate surface area is 134 Å². The lowest BCUT2D eigenvalue weighted by atomic mass is 10.2. The average molecular weight is 321 g/mol. The molecule has 0 radical (unpaired) electrons. The summed E-state index contributed by atoms with van der Waals surface area (Å²) in [5.41, 5.74) is 1.45. The molecule has 4 rings (SSSR count). The molecule has 24 heavy (non-hydrogen) atoms. The van der Waals surface area contributed by atoms with E-state index in [1.54, 1.807) is 0 Å². The Balaban J connectivity index is 1.80. The number of nitro benzene ring substituents is 1. The van der Waals surface area contributed by atoms with E-state index in [9.17, 15) is 14.9 Å². The maximum atomic E-state index is 12.6. The monoisotopic (exact) mass is 321 g/mol. The molecule has 0 saturated carbocycles. The zero-order valence-electron chi connectivity index (χ0n) is 12.4. The van der Waals surface area contributed by atoms with Gasteiger partial charge in [0.05, 0.1) is 34.4 Å². The van der Waals surface area contributed by atoms with Crippen LogP contribution in [0.25, 0.3) is 16.6 Å². The molecule has 1 aromatic carbocycles. The van der Waals surface area contributed by atoms with Crippen LogP contribution in [0.3, 0.4) is 0 Å². The molecule has 4 aromatic rings. The maximum absolute atomic E-state index is 12.6. The summed E-state index contributed by atoms with van der Waals surface area (Å²) in [4.78, 5) is 31.6. The minimum absolute atomic E-state index is 0.133. The number of aromatic nitrogens is 4. The Bertz CT molecular complexity index is 1110. The Morgan fingerprint density at radius 1 is 1.21 bits per heavy atom. The lowest BCUT2D eigenvalue weighted by Gasteiger charge is -2.04. The van der Waals surface area contributed by atoms with Gasteiger partial charge in [0.15, 0.2) is 0 Å². The van der Waals surface area contributed by atoms with E-state index < -0.39 is 4.92 Å². The molecule has 3 heterocycles. The lowest BCUT2D eigenvalue weighted by molar-refractivity contribution is -0.384. The van der Waals surface area contributed by atoms with Crippen LogP contribution in [-0.4, -0.2) is 23.9 Å². The molecule has 0 N–H and O–H groups in total. The third-order valence-electron chi connectivity index (χ3n) is 3.76. The van der Waals surface area contributed by atoms with E-state index >= 15 is 0 Å². The van der Waals surface area contributed by atoms with E-state index in [4.69, 9.17) is 0 Å². The summed E-state index contributed by atoms with van der Waals surface area (Å²) in [6.07, 6.45) is 5.14. The number of rotatable bonds is 3. The number of fused-ring (bicyclic) bond motifs is 2. The van der Waals surface area contributed by atoms with E-state index in [-0.39, 0.29) is 23.2 Å². The molecule has 0 aliphatic rings. The normalized spacial score (nSPS) is 11.2.